The number of sulfonamides is 1. The molecule has 0 aromatic heterocycles. The van der Waals surface area contributed by atoms with Gasteiger partial charge in [-0.2, -0.15) is 4.31 Å². The maximum absolute atomic E-state index is 14.5. The highest BCUT2D eigenvalue weighted by Gasteiger charge is 2.62. The van der Waals surface area contributed by atoms with Gasteiger partial charge in [0.15, 0.2) is 0 Å². The van der Waals surface area contributed by atoms with Gasteiger partial charge in [-0.3, -0.25) is 4.79 Å². The quantitative estimate of drug-likeness (QED) is 0.352. The highest BCUT2D eigenvalue weighted by atomic mass is 32.2. The Hall–Kier alpha value is -3.74. The van der Waals surface area contributed by atoms with Crippen molar-refractivity contribution < 1.29 is 13.2 Å². The normalized spacial score (nSPS) is 21.5. The molecule has 1 spiro atoms. The molecule has 1 amide bonds. The van der Waals surface area contributed by atoms with Crippen molar-refractivity contribution in [3.8, 4) is 0 Å². The average molecular weight is 509 g/mol. The minimum Gasteiger partial charge on any atom is -0.307 e. The van der Waals surface area contributed by atoms with Crippen LogP contribution in [0.15, 0.2) is 114 Å². The number of aryl methyl sites for hydroxylation is 1. The Kier molecular flexibility index (Phi) is 5.74. The molecule has 2 heterocycles. The predicted molar refractivity (Wildman–Crippen MR) is 145 cm³/mol. The fraction of sp³-hybridized carbons (Fsp3) is 0.194. The van der Waals surface area contributed by atoms with Crippen LogP contribution in [0.3, 0.4) is 0 Å². The lowest BCUT2D eigenvalue weighted by molar-refractivity contribution is -0.124. The number of rotatable bonds is 5. The van der Waals surface area contributed by atoms with Gasteiger partial charge in [-0.25, -0.2) is 8.42 Å². The van der Waals surface area contributed by atoms with Crippen LogP contribution < -0.4 is 4.90 Å². The SMILES string of the molecule is Cc1ccc(S(=O)(=O)N2CC[C@]3(C(=O)N(Cc4ccccc4)c4ccccc43)[C@H]2c2ccccc2)cc1. The molecule has 5 nitrogen and oxygen atoms in total. The summed E-state index contributed by atoms with van der Waals surface area (Å²) < 4.78 is 29.7. The second-order valence-electron chi connectivity index (χ2n) is 9.86. The first-order valence-electron chi connectivity index (χ1n) is 12.5. The molecule has 0 saturated carbocycles. The fourth-order valence-electron chi connectivity index (χ4n) is 5.97. The summed E-state index contributed by atoms with van der Waals surface area (Å²) in [5.41, 5.74) is 3.58. The fourth-order valence-corrected chi connectivity index (χ4v) is 7.63. The van der Waals surface area contributed by atoms with Crippen LogP contribution in [0.25, 0.3) is 0 Å². The molecular weight excluding hydrogens is 480 g/mol. The number of carbonyl (C=O) groups is 1. The van der Waals surface area contributed by atoms with E-state index in [0.29, 0.717) is 13.0 Å². The zero-order chi connectivity index (χ0) is 25.6. The number of hydrogen-bond acceptors (Lipinski definition) is 3. The van der Waals surface area contributed by atoms with Crippen molar-refractivity contribution in [1.29, 1.82) is 0 Å². The van der Waals surface area contributed by atoms with E-state index >= 15 is 0 Å². The van der Waals surface area contributed by atoms with Crippen LogP contribution in [0.2, 0.25) is 0 Å². The molecule has 0 bridgehead atoms. The van der Waals surface area contributed by atoms with Gasteiger partial charge in [0.05, 0.1) is 22.9 Å². The van der Waals surface area contributed by atoms with Crippen molar-refractivity contribution in [2.24, 2.45) is 0 Å². The number of anilines is 1. The molecule has 0 unspecified atom stereocenters. The largest absolute Gasteiger partial charge is 0.307 e. The van der Waals surface area contributed by atoms with E-state index in [2.05, 4.69) is 0 Å². The molecule has 2 atom stereocenters. The highest BCUT2D eigenvalue weighted by molar-refractivity contribution is 7.89. The first kappa shape index (κ1) is 23.6. The summed E-state index contributed by atoms with van der Waals surface area (Å²) >= 11 is 0. The number of para-hydroxylation sites is 1. The van der Waals surface area contributed by atoms with E-state index in [1.165, 1.54) is 0 Å². The maximum Gasteiger partial charge on any atom is 0.243 e. The molecule has 4 aromatic carbocycles. The summed E-state index contributed by atoms with van der Waals surface area (Å²) in [4.78, 5) is 16.6. The lowest BCUT2D eigenvalue weighted by atomic mass is 9.73. The molecule has 2 aliphatic heterocycles. The number of hydrogen-bond donors (Lipinski definition) is 0. The third kappa shape index (κ3) is 3.71. The second kappa shape index (κ2) is 8.98. The van der Waals surface area contributed by atoms with Crippen molar-refractivity contribution in [3.63, 3.8) is 0 Å². The first-order valence-corrected chi connectivity index (χ1v) is 14.0. The number of fused-ring (bicyclic) bond motifs is 2. The monoisotopic (exact) mass is 508 g/mol. The Morgan fingerprint density at radius 2 is 1.43 bits per heavy atom. The topological polar surface area (TPSA) is 57.7 Å². The number of nitrogens with zero attached hydrogens (tertiary/aromatic N) is 2. The minimum atomic E-state index is -3.86. The molecule has 2 aliphatic rings. The van der Waals surface area contributed by atoms with Crippen LogP contribution >= 0.6 is 0 Å². The molecule has 1 fully saturated rings. The van der Waals surface area contributed by atoms with E-state index in [1.54, 1.807) is 16.4 Å². The predicted octanol–water partition coefficient (Wildman–Crippen LogP) is 5.62. The lowest BCUT2D eigenvalue weighted by Gasteiger charge is -2.34. The van der Waals surface area contributed by atoms with Crippen LogP contribution in [0.5, 0.6) is 0 Å². The minimum absolute atomic E-state index is 0.0481. The third-order valence-corrected chi connectivity index (χ3v) is 9.59. The van der Waals surface area contributed by atoms with Crippen LogP contribution in [0.1, 0.15) is 34.7 Å². The summed E-state index contributed by atoms with van der Waals surface area (Å²) in [6, 6.07) is 33.7. The molecule has 4 aromatic rings. The highest BCUT2D eigenvalue weighted by Crippen LogP contribution is 2.57. The average Bonchev–Trinajstić information content (AvgIpc) is 3.44. The van der Waals surface area contributed by atoms with Gasteiger partial charge in [-0.15, -0.1) is 0 Å². The Morgan fingerprint density at radius 1 is 0.811 bits per heavy atom. The number of amides is 1. The van der Waals surface area contributed by atoms with E-state index in [-0.39, 0.29) is 17.3 Å². The van der Waals surface area contributed by atoms with Gasteiger partial charge < -0.3 is 4.90 Å². The number of benzene rings is 4. The summed E-state index contributed by atoms with van der Waals surface area (Å²) in [5.74, 6) is -0.0481. The first-order chi connectivity index (χ1) is 17.9. The third-order valence-electron chi connectivity index (χ3n) is 7.71. The van der Waals surface area contributed by atoms with E-state index in [4.69, 9.17) is 0 Å². The van der Waals surface area contributed by atoms with Gasteiger partial charge in [-0.1, -0.05) is 96.6 Å². The van der Waals surface area contributed by atoms with Gasteiger partial charge in [0.1, 0.15) is 0 Å². The van der Waals surface area contributed by atoms with Crippen molar-refractivity contribution in [2.75, 3.05) is 11.4 Å². The zero-order valence-electron chi connectivity index (χ0n) is 20.6. The lowest BCUT2D eigenvalue weighted by Crippen LogP contribution is -2.45. The summed E-state index contributed by atoms with van der Waals surface area (Å²) in [7, 11) is -3.86. The van der Waals surface area contributed by atoms with E-state index in [9.17, 15) is 13.2 Å². The van der Waals surface area contributed by atoms with Crippen LogP contribution in [0, 0.1) is 6.92 Å². The summed E-state index contributed by atoms with van der Waals surface area (Å²) in [6.07, 6.45) is 0.415. The zero-order valence-corrected chi connectivity index (χ0v) is 21.4. The summed E-state index contributed by atoms with van der Waals surface area (Å²) in [6.45, 7) is 2.63. The molecule has 6 heteroatoms. The number of carbonyl (C=O) groups excluding carboxylic acids is 1. The van der Waals surface area contributed by atoms with E-state index in [0.717, 1.165) is 27.9 Å². The van der Waals surface area contributed by atoms with Crippen molar-refractivity contribution in [2.45, 2.75) is 36.2 Å². The Bertz CT molecular complexity index is 1550. The van der Waals surface area contributed by atoms with Crippen molar-refractivity contribution in [3.05, 3.63) is 131 Å². The van der Waals surface area contributed by atoms with Gasteiger partial charge in [0.25, 0.3) is 0 Å². The van der Waals surface area contributed by atoms with Gasteiger partial charge in [-0.05, 0) is 48.2 Å². The second-order valence-corrected chi connectivity index (χ2v) is 11.7. The Balaban J connectivity index is 1.52. The molecule has 0 aliphatic carbocycles. The molecule has 1 saturated heterocycles. The molecular formula is C31H28N2O3S. The van der Waals surface area contributed by atoms with Gasteiger partial charge in [0, 0.05) is 12.2 Å². The standard InChI is InChI=1S/C31H28N2O3S/c1-23-16-18-26(19-17-23)37(35,36)33-21-20-31(29(33)25-12-6-3-7-13-25)27-14-8-9-15-28(27)32(30(31)34)22-24-10-4-2-5-11-24/h2-19,29H,20-22H2,1H3/t29-,31-/m1/s1. The van der Waals surface area contributed by atoms with Crippen LogP contribution in [0.4, 0.5) is 5.69 Å². The Labute approximate surface area is 218 Å². The van der Waals surface area contributed by atoms with Crippen LogP contribution in [-0.2, 0) is 26.8 Å². The van der Waals surface area contributed by atoms with Gasteiger partial charge >= 0.3 is 0 Å². The molecule has 0 N–H and O–H groups in total. The van der Waals surface area contributed by atoms with Crippen molar-refractivity contribution >= 4 is 21.6 Å². The maximum atomic E-state index is 14.5. The van der Waals surface area contributed by atoms with E-state index in [1.807, 2.05) is 109 Å². The van der Waals surface area contributed by atoms with Gasteiger partial charge in [0.2, 0.25) is 15.9 Å². The molecule has 186 valence electrons. The molecule has 0 radical (unpaired) electrons. The Morgan fingerprint density at radius 3 is 2.14 bits per heavy atom. The van der Waals surface area contributed by atoms with E-state index < -0.39 is 21.5 Å². The smallest absolute Gasteiger partial charge is 0.243 e. The summed E-state index contributed by atoms with van der Waals surface area (Å²) in [5, 5.41) is 0. The molecule has 6 rings (SSSR count). The van der Waals surface area contributed by atoms with Crippen LogP contribution in [-0.4, -0.2) is 25.2 Å². The molecule has 37 heavy (non-hydrogen) atoms. The van der Waals surface area contributed by atoms with Crippen molar-refractivity contribution in [1.82, 2.24) is 4.31 Å².